The summed E-state index contributed by atoms with van der Waals surface area (Å²) in [5.74, 6) is -0.752. The smallest absolute Gasteiger partial charge is 0.271 e. The van der Waals surface area contributed by atoms with Gasteiger partial charge in [-0.25, -0.2) is 9.07 Å². The minimum atomic E-state index is -0.573. The van der Waals surface area contributed by atoms with E-state index in [1.807, 2.05) is 0 Å². The van der Waals surface area contributed by atoms with Crippen LogP contribution in [0.25, 0.3) is 5.69 Å². The molecule has 1 aromatic heterocycles. The zero-order valence-corrected chi connectivity index (χ0v) is 14.5. The van der Waals surface area contributed by atoms with Crippen LogP contribution in [0.1, 0.15) is 16.1 Å². The summed E-state index contributed by atoms with van der Waals surface area (Å²) in [6.07, 6.45) is 1.31. The first-order valence-corrected chi connectivity index (χ1v) is 7.85. The summed E-state index contributed by atoms with van der Waals surface area (Å²) in [6.45, 7) is 1.62. The number of non-ortho nitro benzene ring substituents is 1. The first-order chi connectivity index (χ1) is 12.9. The molecular weight excluding hydrogens is 355 g/mol. The van der Waals surface area contributed by atoms with Crippen LogP contribution in [0, 0.1) is 22.9 Å². The molecule has 0 saturated heterocycles. The standard InChI is InChI=1S/C18H15FN4O4/c1-11-13(10-20-22(11)16-6-4-3-5-14(16)19)18(24)21-15-9-12(23(25)26)7-8-17(15)27-2/h3-10H,1-2H3,(H,21,24). The van der Waals surface area contributed by atoms with E-state index in [4.69, 9.17) is 4.74 Å². The number of benzene rings is 2. The third-order valence-corrected chi connectivity index (χ3v) is 3.98. The number of rotatable bonds is 5. The molecule has 0 fully saturated rings. The molecule has 0 atom stereocenters. The lowest BCUT2D eigenvalue weighted by molar-refractivity contribution is -0.384. The normalized spacial score (nSPS) is 10.5. The second-order valence-electron chi connectivity index (χ2n) is 5.60. The molecule has 1 heterocycles. The lowest BCUT2D eigenvalue weighted by Crippen LogP contribution is -2.14. The van der Waals surface area contributed by atoms with Crippen LogP contribution in [0.5, 0.6) is 5.75 Å². The van der Waals surface area contributed by atoms with Crippen LogP contribution in [-0.4, -0.2) is 27.7 Å². The Labute approximate surface area is 153 Å². The number of hydrogen-bond donors (Lipinski definition) is 1. The number of hydrogen-bond acceptors (Lipinski definition) is 5. The number of nitrogens with zero attached hydrogens (tertiary/aromatic N) is 3. The molecule has 8 nitrogen and oxygen atoms in total. The topological polar surface area (TPSA) is 99.3 Å². The van der Waals surface area contributed by atoms with Gasteiger partial charge in [-0.15, -0.1) is 0 Å². The Morgan fingerprint density at radius 3 is 2.70 bits per heavy atom. The molecule has 0 bridgehead atoms. The minimum absolute atomic E-state index is 0.148. The number of nitrogens with one attached hydrogen (secondary N) is 1. The van der Waals surface area contributed by atoms with Crippen molar-refractivity contribution < 1.29 is 18.8 Å². The van der Waals surface area contributed by atoms with E-state index in [1.165, 1.54) is 42.3 Å². The highest BCUT2D eigenvalue weighted by atomic mass is 19.1. The second kappa shape index (κ2) is 7.24. The molecule has 0 saturated carbocycles. The van der Waals surface area contributed by atoms with Gasteiger partial charge in [-0.2, -0.15) is 5.10 Å². The highest BCUT2D eigenvalue weighted by molar-refractivity contribution is 6.05. The quantitative estimate of drug-likeness (QED) is 0.547. The fraction of sp³-hybridized carbons (Fsp3) is 0.111. The molecule has 0 spiro atoms. The minimum Gasteiger partial charge on any atom is -0.495 e. The first kappa shape index (κ1) is 18.1. The van der Waals surface area contributed by atoms with Crippen molar-refractivity contribution in [3.05, 3.63) is 75.9 Å². The van der Waals surface area contributed by atoms with Crippen molar-refractivity contribution in [1.29, 1.82) is 0 Å². The monoisotopic (exact) mass is 370 g/mol. The molecule has 1 amide bonds. The van der Waals surface area contributed by atoms with Crippen molar-refractivity contribution in [2.24, 2.45) is 0 Å². The van der Waals surface area contributed by atoms with Crippen LogP contribution in [0.2, 0.25) is 0 Å². The van der Waals surface area contributed by atoms with Gasteiger partial charge < -0.3 is 10.1 Å². The molecule has 9 heteroatoms. The summed E-state index contributed by atoms with van der Waals surface area (Å²) in [5.41, 5.74) is 0.787. The van der Waals surface area contributed by atoms with Gasteiger partial charge in [-0.3, -0.25) is 14.9 Å². The van der Waals surface area contributed by atoms with Crippen LogP contribution >= 0.6 is 0 Å². The van der Waals surface area contributed by atoms with E-state index in [1.54, 1.807) is 25.1 Å². The molecule has 0 unspecified atom stereocenters. The van der Waals surface area contributed by atoms with E-state index in [2.05, 4.69) is 10.4 Å². The Bertz CT molecular complexity index is 1030. The third-order valence-electron chi connectivity index (χ3n) is 3.98. The number of methoxy groups -OCH3 is 1. The van der Waals surface area contributed by atoms with Gasteiger partial charge in [-0.1, -0.05) is 12.1 Å². The number of amides is 1. The number of ether oxygens (including phenoxy) is 1. The third kappa shape index (κ3) is 3.47. The molecule has 3 aromatic rings. The molecule has 3 rings (SSSR count). The predicted molar refractivity (Wildman–Crippen MR) is 95.9 cm³/mol. The van der Waals surface area contributed by atoms with E-state index in [0.29, 0.717) is 5.69 Å². The van der Waals surface area contributed by atoms with Crippen LogP contribution < -0.4 is 10.1 Å². The summed E-state index contributed by atoms with van der Waals surface area (Å²) in [7, 11) is 1.39. The fourth-order valence-corrected chi connectivity index (χ4v) is 2.60. The number of halogens is 1. The molecule has 2 aromatic carbocycles. The van der Waals surface area contributed by atoms with Crippen molar-refractivity contribution in [2.75, 3.05) is 12.4 Å². The average Bonchev–Trinajstić information content (AvgIpc) is 3.03. The maximum atomic E-state index is 14.0. The number of carbonyl (C=O) groups is 1. The second-order valence-corrected chi connectivity index (χ2v) is 5.60. The van der Waals surface area contributed by atoms with Gasteiger partial charge >= 0.3 is 0 Å². The van der Waals surface area contributed by atoms with Crippen molar-refractivity contribution in [1.82, 2.24) is 9.78 Å². The molecule has 0 aliphatic carbocycles. The maximum absolute atomic E-state index is 14.0. The SMILES string of the molecule is COc1ccc([N+](=O)[O-])cc1NC(=O)c1cnn(-c2ccccc2F)c1C. The van der Waals surface area contributed by atoms with Crippen molar-refractivity contribution in [3.63, 3.8) is 0 Å². The maximum Gasteiger partial charge on any atom is 0.271 e. The summed E-state index contributed by atoms with van der Waals surface area (Å²) >= 11 is 0. The molecule has 0 aliphatic rings. The molecule has 0 aliphatic heterocycles. The molecule has 0 radical (unpaired) electrons. The Hall–Kier alpha value is -3.75. The number of carbonyl (C=O) groups excluding carboxylic acids is 1. The van der Waals surface area contributed by atoms with Gasteiger partial charge in [0.1, 0.15) is 17.3 Å². The largest absolute Gasteiger partial charge is 0.495 e. The number of anilines is 1. The van der Waals surface area contributed by atoms with Crippen LogP contribution in [0.15, 0.2) is 48.7 Å². The summed E-state index contributed by atoms with van der Waals surface area (Å²) < 4.78 is 20.4. The zero-order valence-electron chi connectivity index (χ0n) is 14.5. The van der Waals surface area contributed by atoms with Gasteiger partial charge in [0.2, 0.25) is 0 Å². The Kier molecular flexibility index (Phi) is 4.84. The van der Waals surface area contributed by atoms with E-state index >= 15 is 0 Å². The molecule has 1 N–H and O–H groups in total. The lowest BCUT2D eigenvalue weighted by Gasteiger charge is -2.10. The van der Waals surface area contributed by atoms with E-state index in [0.717, 1.165) is 0 Å². The number of aromatic nitrogens is 2. The van der Waals surface area contributed by atoms with Crippen LogP contribution in [0.4, 0.5) is 15.8 Å². The van der Waals surface area contributed by atoms with Gasteiger partial charge in [0.15, 0.2) is 0 Å². The van der Waals surface area contributed by atoms with Crippen molar-refractivity contribution >= 4 is 17.3 Å². The fourth-order valence-electron chi connectivity index (χ4n) is 2.60. The predicted octanol–water partition coefficient (Wildman–Crippen LogP) is 3.49. The van der Waals surface area contributed by atoms with Crippen molar-refractivity contribution in [3.8, 4) is 11.4 Å². The lowest BCUT2D eigenvalue weighted by atomic mass is 10.2. The molecule has 27 heavy (non-hydrogen) atoms. The summed E-state index contributed by atoms with van der Waals surface area (Å²) in [4.78, 5) is 23.0. The summed E-state index contributed by atoms with van der Waals surface area (Å²) in [5, 5.41) is 17.6. The number of nitro groups is 1. The van der Waals surface area contributed by atoms with Crippen molar-refractivity contribution in [2.45, 2.75) is 6.92 Å². The average molecular weight is 370 g/mol. The summed E-state index contributed by atoms with van der Waals surface area (Å²) in [6, 6.07) is 9.92. The Morgan fingerprint density at radius 1 is 1.30 bits per heavy atom. The number of nitro benzene ring substituents is 1. The van der Waals surface area contributed by atoms with E-state index in [-0.39, 0.29) is 28.4 Å². The van der Waals surface area contributed by atoms with Gasteiger partial charge in [0.25, 0.3) is 11.6 Å². The zero-order chi connectivity index (χ0) is 19.6. The van der Waals surface area contributed by atoms with Gasteiger partial charge in [0.05, 0.1) is 35.2 Å². The highest BCUT2D eigenvalue weighted by Gasteiger charge is 2.19. The Morgan fingerprint density at radius 2 is 2.04 bits per heavy atom. The molecule has 138 valence electrons. The molecular formula is C18H15FN4O4. The van der Waals surface area contributed by atoms with E-state index in [9.17, 15) is 19.3 Å². The first-order valence-electron chi connectivity index (χ1n) is 7.85. The Balaban J connectivity index is 1.93. The van der Waals surface area contributed by atoms with E-state index < -0.39 is 16.6 Å². The van der Waals surface area contributed by atoms with Crippen LogP contribution in [0.3, 0.4) is 0 Å². The highest BCUT2D eigenvalue weighted by Crippen LogP contribution is 2.29. The number of para-hydroxylation sites is 1. The van der Waals surface area contributed by atoms with Crippen LogP contribution in [-0.2, 0) is 0 Å². The van der Waals surface area contributed by atoms with Gasteiger partial charge in [-0.05, 0) is 25.1 Å². The van der Waals surface area contributed by atoms with Gasteiger partial charge in [0, 0.05) is 12.1 Å².